The van der Waals surface area contributed by atoms with E-state index in [1.54, 1.807) is 25.3 Å². The average Bonchev–Trinajstić information content (AvgIpc) is 3.09. The molecule has 7 heteroatoms. The topological polar surface area (TPSA) is 73.3 Å². The summed E-state index contributed by atoms with van der Waals surface area (Å²) in [6.45, 7) is 0. The third-order valence-corrected chi connectivity index (χ3v) is 4.39. The summed E-state index contributed by atoms with van der Waals surface area (Å²) in [7, 11) is 3.17. The molecule has 3 aromatic rings. The fraction of sp³-hybridized carbons (Fsp3) is 0.167. The first-order valence-corrected chi connectivity index (χ1v) is 8.41. The molecule has 25 heavy (non-hydrogen) atoms. The second-order valence-electron chi connectivity index (χ2n) is 5.18. The van der Waals surface area contributed by atoms with E-state index in [2.05, 4.69) is 15.5 Å². The molecule has 1 aromatic heterocycles. The number of benzene rings is 2. The van der Waals surface area contributed by atoms with Crippen LogP contribution in [0.1, 0.15) is 20.9 Å². The second-order valence-corrected chi connectivity index (χ2v) is 6.24. The van der Waals surface area contributed by atoms with Crippen LogP contribution in [0, 0.1) is 0 Å². The molecule has 1 amide bonds. The predicted octanol–water partition coefficient (Wildman–Crippen LogP) is 3.40. The Hall–Kier alpha value is -2.93. The Kier molecular flexibility index (Phi) is 5.25. The van der Waals surface area contributed by atoms with Gasteiger partial charge in [-0.1, -0.05) is 35.6 Å². The van der Waals surface area contributed by atoms with Gasteiger partial charge in [-0.05, 0) is 29.8 Å². The van der Waals surface area contributed by atoms with Gasteiger partial charge in [-0.3, -0.25) is 10.1 Å². The van der Waals surface area contributed by atoms with Crippen molar-refractivity contribution < 1.29 is 14.3 Å². The first-order valence-electron chi connectivity index (χ1n) is 7.59. The summed E-state index contributed by atoms with van der Waals surface area (Å²) in [4.78, 5) is 12.4. The number of hydrogen-bond donors (Lipinski definition) is 1. The summed E-state index contributed by atoms with van der Waals surface area (Å²) < 4.78 is 10.3. The van der Waals surface area contributed by atoms with Crippen LogP contribution in [0.15, 0.2) is 48.5 Å². The monoisotopic (exact) mass is 355 g/mol. The van der Waals surface area contributed by atoms with Crippen LogP contribution in [0.2, 0.25) is 0 Å². The van der Waals surface area contributed by atoms with Gasteiger partial charge in [0.2, 0.25) is 5.13 Å². The van der Waals surface area contributed by atoms with Crippen LogP contribution in [0.25, 0.3) is 0 Å². The molecule has 0 aliphatic rings. The molecule has 0 atom stereocenters. The largest absolute Gasteiger partial charge is 0.497 e. The van der Waals surface area contributed by atoms with Gasteiger partial charge in [-0.25, -0.2) is 0 Å². The van der Waals surface area contributed by atoms with Crippen LogP contribution < -0.4 is 14.8 Å². The highest BCUT2D eigenvalue weighted by atomic mass is 32.1. The molecule has 128 valence electrons. The van der Waals surface area contributed by atoms with E-state index in [1.807, 2.05) is 30.3 Å². The van der Waals surface area contributed by atoms with E-state index >= 15 is 0 Å². The van der Waals surface area contributed by atoms with Gasteiger partial charge in [0, 0.05) is 6.42 Å². The van der Waals surface area contributed by atoms with E-state index in [0.29, 0.717) is 22.9 Å². The zero-order valence-corrected chi connectivity index (χ0v) is 14.7. The van der Waals surface area contributed by atoms with Gasteiger partial charge in [-0.2, -0.15) is 0 Å². The Morgan fingerprint density at radius 1 is 1.04 bits per heavy atom. The van der Waals surface area contributed by atoms with Crippen molar-refractivity contribution in [2.24, 2.45) is 0 Å². The zero-order valence-electron chi connectivity index (χ0n) is 13.9. The normalized spacial score (nSPS) is 10.3. The van der Waals surface area contributed by atoms with Gasteiger partial charge in [0.05, 0.1) is 19.8 Å². The number of aromatic nitrogens is 2. The summed E-state index contributed by atoms with van der Waals surface area (Å²) in [5.41, 5.74) is 1.55. The number of nitrogens with zero attached hydrogens (tertiary/aromatic N) is 2. The smallest absolute Gasteiger partial charge is 0.261 e. The molecule has 0 aliphatic carbocycles. The molecular formula is C18H17N3O3S. The lowest BCUT2D eigenvalue weighted by molar-refractivity contribution is 0.102. The number of rotatable bonds is 6. The van der Waals surface area contributed by atoms with E-state index in [1.165, 1.54) is 18.4 Å². The van der Waals surface area contributed by atoms with Crippen molar-refractivity contribution in [1.29, 1.82) is 0 Å². The van der Waals surface area contributed by atoms with Crippen LogP contribution in [0.3, 0.4) is 0 Å². The van der Waals surface area contributed by atoms with Crippen molar-refractivity contribution in [2.45, 2.75) is 6.42 Å². The molecule has 1 heterocycles. The van der Waals surface area contributed by atoms with Crippen molar-refractivity contribution in [3.05, 3.63) is 64.7 Å². The van der Waals surface area contributed by atoms with Gasteiger partial charge in [0.25, 0.3) is 5.91 Å². The van der Waals surface area contributed by atoms with Crippen LogP contribution >= 0.6 is 11.3 Å². The molecular weight excluding hydrogens is 338 g/mol. The lowest BCUT2D eigenvalue weighted by Crippen LogP contribution is -2.12. The number of carbonyl (C=O) groups is 1. The molecule has 0 saturated carbocycles. The van der Waals surface area contributed by atoms with E-state index in [9.17, 15) is 4.79 Å². The minimum absolute atomic E-state index is 0.274. The number of carbonyl (C=O) groups excluding carboxylic acids is 1. The standard InChI is InChI=1S/C18H17N3O3S/c1-23-13-9-7-12(8-10-13)11-16-20-21-18(25-16)19-17(22)14-5-3-4-6-15(14)24-2/h3-10H,11H2,1-2H3,(H,19,21,22). The first-order chi connectivity index (χ1) is 12.2. The van der Waals surface area contributed by atoms with E-state index in [-0.39, 0.29) is 5.91 Å². The third kappa shape index (κ3) is 4.13. The maximum atomic E-state index is 12.4. The Labute approximate surface area is 149 Å². The number of hydrogen-bond acceptors (Lipinski definition) is 6. The lowest BCUT2D eigenvalue weighted by atomic mass is 10.1. The fourth-order valence-corrected chi connectivity index (χ4v) is 3.06. The van der Waals surface area contributed by atoms with E-state index in [4.69, 9.17) is 9.47 Å². The van der Waals surface area contributed by atoms with Crippen molar-refractivity contribution in [1.82, 2.24) is 10.2 Å². The first kappa shape index (κ1) is 16.9. The maximum Gasteiger partial charge on any atom is 0.261 e. The van der Waals surface area contributed by atoms with Crippen molar-refractivity contribution in [3.8, 4) is 11.5 Å². The van der Waals surface area contributed by atoms with Crippen LogP contribution in [0.4, 0.5) is 5.13 Å². The van der Waals surface area contributed by atoms with Gasteiger partial charge in [0.1, 0.15) is 16.5 Å². The Bertz CT molecular complexity index is 862. The molecule has 1 N–H and O–H groups in total. The highest BCUT2D eigenvalue weighted by molar-refractivity contribution is 7.15. The third-order valence-electron chi connectivity index (χ3n) is 3.55. The number of amides is 1. The molecule has 0 radical (unpaired) electrons. The second kappa shape index (κ2) is 7.76. The lowest BCUT2D eigenvalue weighted by Gasteiger charge is -2.06. The number of para-hydroxylation sites is 1. The molecule has 0 spiro atoms. The average molecular weight is 355 g/mol. The maximum absolute atomic E-state index is 12.4. The minimum atomic E-state index is -0.274. The highest BCUT2D eigenvalue weighted by Gasteiger charge is 2.14. The summed E-state index contributed by atoms with van der Waals surface area (Å²) in [5.74, 6) is 1.05. The summed E-state index contributed by atoms with van der Waals surface area (Å²) in [5, 5.41) is 12.2. The molecule has 6 nitrogen and oxygen atoms in total. The van der Waals surface area contributed by atoms with E-state index < -0.39 is 0 Å². The highest BCUT2D eigenvalue weighted by Crippen LogP contribution is 2.23. The summed E-state index contributed by atoms with van der Waals surface area (Å²) in [6.07, 6.45) is 0.645. The molecule has 3 rings (SSSR count). The quantitative estimate of drug-likeness (QED) is 0.734. The van der Waals surface area contributed by atoms with Gasteiger partial charge < -0.3 is 9.47 Å². The molecule has 2 aromatic carbocycles. The number of nitrogens with one attached hydrogen (secondary N) is 1. The SMILES string of the molecule is COc1ccc(Cc2nnc(NC(=O)c3ccccc3OC)s2)cc1. The van der Waals surface area contributed by atoms with Crippen molar-refractivity contribution in [3.63, 3.8) is 0 Å². The molecule has 0 unspecified atom stereocenters. The minimum Gasteiger partial charge on any atom is -0.497 e. The molecule has 0 bridgehead atoms. The summed E-state index contributed by atoms with van der Waals surface area (Å²) in [6, 6.07) is 14.8. The van der Waals surface area contributed by atoms with Crippen molar-refractivity contribution in [2.75, 3.05) is 19.5 Å². The van der Waals surface area contributed by atoms with Crippen LogP contribution in [-0.4, -0.2) is 30.3 Å². The van der Waals surface area contributed by atoms with Crippen LogP contribution in [0.5, 0.6) is 11.5 Å². The molecule has 0 fully saturated rings. The Balaban J connectivity index is 1.67. The zero-order chi connectivity index (χ0) is 17.6. The van der Waals surface area contributed by atoms with Gasteiger partial charge in [-0.15, -0.1) is 10.2 Å². The molecule has 0 aliphatic heterocycles. The Morgan fingerprint density at radius 2 is 1.80 bits per heavy atom. The van der Waals surface area contributed by atoms with Crippen LogP contribution in [-0.2, 0) is 6.42 Å². The summed E-state index contributed by atoms with van der Waals surface area (Å²) >= 11 is 1.35. The van der Waals surface area contributed by atoms with Gasteiger partial charge >= 0.3 is 0 Å². The number of methoxy groups -OCH3 is 2. The number of anilines is 1. The number of ether oxygens (including phenoxy) is 2. The predicted molar refractivity (Wildman–Crippen MR) is 96.7 cm³/mol. The fourth-order valence-electron chi connectivity index (χ4n) is 2.29. The Morgan fingerprint density at radius 3 is 2.52 bits per heavy atom. The molecule has 0 saturated heterocycles. The van der Waals surface area contributed by atoms with E-state index in [0.717, 1.165) is 16.3 Å². The van der Waals surface area contributed by atoms with Crippen molar-refractivity contribution >= 4 is 22.4 Å². The van der Waals surface area contributed by atoms with Gasteiger partial charge in [0.15, 0.2) is 0 Å².